The maximum atomic E-state index is 12.3. The number of rotatable bonds is 7. The molecular weight excluding hydrogens is 332 g/mol. The average Bonchev–Trinajstić information content (AvgIpc) is 3.05. The van der Waals surface area contributed by atoms with Gasteiger partial charge in [-0.2, -0.15) is 0 Å². The minimum absolute atomic E-state index is 0.0719. The minimum Gasteiger partial charge on any atom is -0.494 e. The molecule has 1 N–H and O–H groups in total. The molecular formula is C20H22N2O4. The highest BCUT2D eigenvalue weighted by Gasteiger charge is 2.35. The van der Waals surface area contributed by atoms with Crippen LogP contribution in [0.4, 0.5) is 5.69 Å². The summed E-state index contributed by atoms with van der Waals surface area (Å²) in [5.74, 6) is -0.0172. The number of hydroxylamine groups is 1. The first kappa shape index (κ1) is 17.9. The van der Waals surface area contributed by atoms with Gasteiger partial charge in [0, 0.05) is 18.7 Å². The van der Waals surface area contributed by atoms with Gasteiger partial charge in [-0.25, -0.2) is 5.48 Å². The van der Waals surface area contributed by atoms with Crippen LogP contribution in [0.1, 0.15) is 18.9 Å². The minimum atomic E-state index is -0.426. The normalized spacial score (nSPS) is 16.6. The van der Waals surface area contributed by atoms with Crippen LogP contribution in [0, 0.1) is 5.92 Å². The Morgan fingerprint density at radius 1 is 1.15 bits per heavy atom. The van der Waals surface area contributed by atoms with Crippen molar-refractivity contribution in [3.05, 3.63) is 60.2 Å². The molecule has 1 unspecified atom stereocenters. The van der Waals surface area contributed by atoms with Gasteiger partial charge in [-0.05, 0) is 36.8 Å². The Labute approximate surface area is 152 Å². The SMILES string of the molecule is CCOc1ccc(N2CC(C(=O)NOCc3ccccc3)CC2=O)cc1. The number of benzene rings is 2. The van der Waals surface area contributed by atoms with Gasteiger partial charge in [-0.3, -0.25) is 14.4 Å². The topological polar surface area (TPSA) is 67.9 Å². The molecule has 1 atom stereocenters. The number of nitrogens with zero attached hydrogens (tertiary/aromatic N) is 1. The second-order valence-electron chi connectivity index (χ2n) is 6.07. The quantitative estimate of drug-likeness (QED) is 0.776. The van der Waals surface area contributed by atoms with Crippen LogP contribution in [0.15, 0.2) is 54.6 Å². The van der Waals surface area contributed by atoms with Gasteiger partial charge >= 0.3 is 0 Å². The highest BCUT2D eigenvalue weighted by Crippen LogP contribution is 2.27. The molecule has 136 valence electrons. The Bertz CT molecular complexity index is 746. The first-order chi connectivity index (χ1) is 12.7. The van der Waals surface area contributed by atoms with Crippen molar-refractivity contribution >= 4 is 17.5 Å². The molecule has 0 bridgehead atoms. The van der Waals surface area contributed by atoms with Crippen molar-refractivity contribution in [1.29, 1.82) is 0 Å². The van der Waals surface area contributed by atoms with Crippen LogP contribution < -0.4 is 15.1 Å². The molecule has 26 heavy (non-hydrogen) atoms. The Kier molecular flexibility index (Phi) is 5.86. The molecule has 0 radical (unpaired) electrons. The number of carbonyl (C=O) groups is 2. The van der Waals surface area contributed by atoms with Crippen molar-refractivity contribution in [1.82, 2.24) is 5.48 Å². The van der Waals surface area contributed by atoms with E-state index >= 15 is 0 Å². The Morgan fingerprint density at radius 3 is 2.58 bits per heavy atom. The molecule has 1 saturated heterocycles. The summed E-state index contributed by atoms with van der Waals surface area (Å²) in [6.07, 6.45) is 0.174. The van der Waals surface area contributed by atoms with Gasteiger partial charge in [-0.15, -0.1) is 0 Å². The van der Waals surface area contributed by atoms with Gasteiger partial charge in [0.2, 0.25) is 11.8 Å². The second kappa shape index (κ2) is 8.49. The second-order valence-corrected chi connectivity index (χ2v) is 6.07. The molecule has 0 spiro atoms. The van der Waals surface area contributed by atoms with Gasteiger partial charge in [0.15, 0.2) is 0 Å². The zero-order chi connectivity index (χ0) is 18.4. The zero-order valence-corrected chi connectivity index (χ0v) is 14.7. The van der Waals surface area contributed by atoms with Crippen molar-refractivity contribution in [3.8, 4) is 5.75 Å². The van der Waals surface area contributed by atoms with Crippen LogP contribution in [-0.2, 0) is 21.0 Å². The van der Waals surface area contributed by atoms with E-state index < -0.39 is 5.92 Å². The zero-order valence-electron chi connectivity index (χ0n) is 14.7. The van der Waals surface area contributed by atoms with Crippen LogP contribution in [0.3, 0.4) is 0 Å². The highest BCUT2D eigenvalue weighted by molar-refractivity contribution is 6.00. The van der Waals surface area contributed by atoms with E-state index in [1.54, 1.807) is 4.90 Å². The first-order valence-corrected chi connectivity index (χ1v) is 8.66. The predicted octanol–water partition coefficient (Wildman–Crippen LogP) is 2.69. The van der Waals surface area contributed by atoms with Crippen molar-refractivity contribution in [2.24, 2.45) is 5.92 Å². The highest BCUT2D eigenvalue weighted by atomic mass is 16.6. The lowest BCUT2D eigenvalue weighted by Gasteiger charge is -2.17. The Morgan fingerprint density at radius 2 is 1.88 bits per heavy atom. The van der Waals surface area contributed by atoms with Crippen molar-refractivity contribution in [3.63, 3.8) is 0 Å². The van der Waals surface area contributed by atoms with Gasteiger partial charge < -0.3 is 9.64 Å². The fraction of sp³-hybridized carbons (Fsp3) is 0.300. The third-order valence-corrected chi connectivity index (χ3v) is 4.21. The molecule has 0 aliphatic carbocycles. The van der Waals surface area contributed by atoms with E-state index in [1.165, 1.54) is 0 Å². The molecule has 2 aromatic rings. The first-order valence-electron chi connectivity index (χ1n) is 8.66. The van der Waals surface area contributed by atoms with E-state index in [0.717, 1.165) is 17.0 Å². The van der Waals surface area contributed by atoms with Crippen LogP contribution in [-0.4, -0.2) is 25.0 Å². The number of amides is 2. The standard InChI is InChI=1S/C20H22N2O4/c1-2-25-18-10-8-17(9-11-18)22-13-16(12-19(22)23)20(24)21-26-14-15-6-4-3-5-7-15/h3-11,16H,2,12-14H2,1H3,(H,21,24). The Balaban J connectivity index is 1.52. The van der Waals surface area contributed by atoms with E-state index in [4.69, 9.17) is 9.57 Å². The average molecular weight is 354 g/mol. The van der Waals surface area contributed by atoms with Crippen molar-refractivity contribution in [2.75, 3.05) is 18.1 Å². The van der Waals surface area contributed by atoms with Crippen molar-refractivity contribution < 1.29 is 19.2 Å². The molecule has 3 rings (SSSR count). The van der Waals surface area contributed by atoms with Crippen LogP contribution >= 0.6 is 0 Å². The summed E-state index contributed by atoms with van der Waals surface area (Å²) in [6.45, 7) is 3.14. The molecule has 0 saturated carbocycles. The third kappa shape index (κ3) is 4.40. The molecule has 1 heterocycles. The van der Waals surface area contributed by atoms with Crippen LogP contribution in [0.5, 0.6) is 5.75 Å². The van der Waals surface area contributed by atoms with E-state index in [1.807, 2.05) is 61.5 Å². The summed E-state index contributed by atoms with van der Waals surface area (Å²) in [7, 11) is 0. The predicted molar refractivity (Wildman–Crippen MR) is 97.4 cm³/mol. The maximum absolute atomic E-state index is 12.3. The Hall–Kier alpha value is -2.86. The van der Waals surface area contributed by atoms with Gasteiger partial charge in [0.1, 0.15) is 5.75 Å². The molecule has 2 aromatic carbocycles. The molecule has 1 fully saturated rings. The number of nitrogens with one attached hydrogen (secondary N) is 1. The lowest BCUT2D eigenvalue weighted by atomic mass is 10.1. The number of anilines is 1. The van der Waals surface area contributed by atoms with Crippen LogP contribution in [0.2, 0.25) is 0 Å². The third-order valence-electron chi connectivity index (χ3n) is 4.21. The molecule has 6 nitrogen and oxygen atoms in total. The molecule has 6 heteroatoms. The number of ether oxygens (including phenoxy) is 1. The lowest BCUT2D eigenvalue weighted by molar-refractivity contribution is -0.138. The fourth-order valence-corrected chi connectivity index (χ4v) is 2.87. The summed E-state index contributed by atoms with van der Waals surface area (Å²) in [5, 5.41) is 0. The number of hydrogen-bond acceptors (Lipinski definition) is 4. The van der Waals surface area contributed by atoms with Gasteiger partial charge in [-0.1, -0.05) is 30.3 Å². The molecule has 2 amide bonds. The van der Waals surface area contributed by atoms with E-state index in [9.17, 15) is 9.59 Å². The molecule has 1 aliphatic rings. The lowest BCUT2D eigenvalue weighted by Crippen LogP contribution is -2.33. The van der Waals surface area contributed by atoms with E-state index in [2.05, 4.69) is 5.48 Å². The maximum Gasteiger partial charge on any atom is 0.248 e. The van der Waals surface area contributed by atoms with E-state index in [0.29, 0.717) is 13.2 Å². The number of hydrogen-bond donors (Lipinski definition) is 1. The summed E-state index contributed by atoms with van der Waals surface area (Å²) >= 11 is 0. The largest absolute Gasteiger partial charge is 0.494 e. The molecule has 1 aliphatic heterocycles. The number of carbonyl (C=O) groups excluding carboxylic acids is 2. The molecule has 0 aromatic heterocycles. The smallest absolute Gasteiger partial charge is 0.248 e. The monoisotopic (exact) mass is 354 g/mol. The van der Waals surface area contributed by atoms with E-state index in [-0.39, 0.29) is 24.8 Å². The summed E-state index contributed by atoms with van der Waals surface area (Å²) < 4.78 is 5.41. The summed E-state index contributed by atoms with van der Waals surface area (Å²) in [6, 6.07) is 16.9. The van der Waals surface area contributed by atoms with Crippen LogP contribution in [0.25, 0.3) is 0 Å². The van der Waals surface area contributed by atoms with Gasteiger partial charge in [0.05, 0.1) is 19.1 Å². The fourth-order valence-electron chi connectivity index (χ4n) is 2.87. The van der Waals surface area contributed by atoms with Gasteiger partial charge in [0.25, 0.3) is 0 Å². The summed E-state index contributed by atoms with van der Waals surface area (Å²) in [5.41, 5.74) is 4.18. The van der Waals surface area contributed by atoms with Crippen molar-refractivity contribution in [2.45, 2.75) is 20.0 Å². The summed E-state index contributed by atoms with van der Waals surface area (Å²) in [4.78, 5) is 31.4.